The third-order valence-corrected chi connectivity index (χ3v) is 8.97. The van der Waals surface area contributed by atoms with Gasteiger partial charge in [0.2, 0.25) is 0 Å². The van der Waals surface area contributed by atoms with E-state index < -0.39 is 0 Å². The highest BCUT2D eigenvalue weighted by molar-refractivity contribution is 7.17. The molecule has 3 aromatic rings. The van der Waals surface area contributed by atoms with Crippen molar-refractivity contribution in [2.45, 2.75) is 44.6 Å². The van der Waals surface area contributed by atoms with Crippen LogP contribution in [0.1, 0.15) is 47.2 Å². The molecule has 33 heavy (non-hydrogen) atoms. The molecular weight excluding hydrogens is 426 g/mol. The SMILES string of the molecule is O=C(c1csc2ccccc12)N1CCN(c2ccc3c(c2)CCN(C2CCCC2)CC3)CC1. The highest BCUT2D eigenvalue weighted by Crippen LogP contribution is 2.30. The highest BCUT2D eigenvalue weighted by atomic mass is 32.1. The summed E-state index contributed by atoms with van der Waals surface area (Å²) >= 11 is 1.67. The van der Waals surface area contributed by atoms with Crippen LogP contribution in [0.25, 0.3) is 10.1 Å². The molecule has 3 heterocycles. The van der Waals surface area contributed by atoms with E-state index in [1.807, 2.05) is 22.4 Å². The number of rotatable bonds is 3. The summed E-state index contributed by atoms with van der Waals surface area (Å²) in [5, 5.41) is 3.12. The molecule has 0 unspecified atom stereocenters. The number of anilines is 1. The quantitative estimate of drug-likeness (QED) is 0.538. The first-order valence-corrected chi connectivity index (χ1v) is 13.5. The predicted octanol–water partition coefficient (Wildman–Crippen LogP) is 5.21. The van der Waals surface area contributed by atoms with Crippen molar-refractivity contribution in [3.63, 3.8) is 0 Å². The van der Waals surface area contributed by atoms with Gasteiger partial charge >= 0.3 is 0 Å². The van der Waals surface area contributed by atoms with Gasteiger partial charge in [-0.15, -0.1) is 11.3 Å². The van der Waals surface area contributed by atoms with Crippen LogP contribution in [0.15, 0.2) is 47.8 Å². The topological polar surface area (TPSA) is 26.8 Å². The van der Waals surface area contributed by atoms with Crippen LogP contribution in [0.3, 0.4) is 0 Å². The summed E-state index contributed by atoms with van der Waals surface area (Å²) in [6.45, 7) is 5.81. The lowest BCUT2D eigenvalue weighted by molar-refractivity contribution is 0.0749. The van der Waals surface area contributed by atoms with E-state index in [4.69, 9.17) is 0 Å². The molecule has 172 valence electrons. The first kappa shape index (κ1) is 21.2. The number of nitrogens with zero attached hydrogens (tertiary/aromatic N) is 3. The number of hydrogen-bond donors (Lipinski definition) is 0. The lowest BCUT2D eigenvalue weighted by atomic mass is 10.0. The molecule has 2 aromatic carbocycles. The zero-order chi connectivity index (χ0) is 22.2. The summed E-state index contributed by atoms with van der Waals surface area (Å²) in [5.41, 5.74) is 5.27. The molecule has 0 radical (unpaired) electrons. The van der Waals surface area contributed by atoms with Crippen LogP contribution < -0.4 is 4.90 Å². The zero-order valence-corrected chi connectivity index (χ0v) is 20.2. The Morgan fingerprint density at radius 3 is 2.42 bits per heavy atom. The molecule has 3 aliphatic rings. The van der Waals surface area contributed by atoms with Crippen LogP contribution in [-0.4, -0.2) is 61.0 Å². The van der Waals surface area contributed by atoms with Crippen molar-refractivity contribution in [2.75, 3.05) is 44.2 Å². The standard InChI is InChI=1S/C28H33N3OS/c32-28(26-20-33-27-8-4-3-7-25(26)27)31-17-15-30(16-18-31)24-10-9-21-11-13-29(14-12-22(21)19-24)23-5-1-2-6-23/h3-4,7-10,19-20,23H,1-2,5-6,11-18H2. The van der Waals surface area contributed by atoms with Gasteiger partial charge in [-0.05, 0) is 55.0 Å². The molecule has 0 N–H and O–H groups in total. The fourth-order valence-corrected chi connectivity index (χ4v) is 6.98. The van der Waals surface area contributed by atoms with E-state index in [1.165, 1.54) is 73.1 Å². The van der Waals surface area contributed by atoms with E-state index in [2.05, 4.69) is 40.1 Å². The third-order valence-electron chi connectivity index (χ3n) is 8.01. The van der Waals surface area contributed by atoms with Gasteiger partial charge in [0, 0.05) is 66.5 Å². The maximum Gasteiger partial charge on any atom is 0.255 e. The van der Waals surface area contributed by atoms with Gasteiger partial charge in [0.15, 0.2) is 0 Å². The third kappa shape index (κ3) is 4.17. The lowest BCUT2D eigenvalue weighted by Gasteiger charge is -2.36. The second-order valence-electron chi connectivity index (χ2n) is 9.85. The van der Waals surface area contributed by atoms with Crippen molar-refractivity contribution < 1.29 is 4.79 Å². The maximum absolute atomic E-state index is 13.2. The molecule has 2 fully saturated rings. The van der Waals surface area contributed by atoms with Crippen molar-refractivity contribution in [3.05, 3.63) is 64.5 Å². The van der Waals surface area contributed by atoms with Crippen LogP contribution in [0, 0.1) is 0 Å². The van der Waals surface area contributed by atoms with Crippen LogP contribution >= 0.6 is 11.3 Å². The second-order valence-corrected chi connectivity index (χ2v) is 10.8. The van der Waals surface area contributed by atoms with Crippen molar-refractivity contribution in [3.8, 4) is 0 Å². The minimum Gasteiger partial charge on any atom is -0.368 e. The van der Waals surface area contributed by atoms with E-state index in [1.54, 1.807) is 11.3 Å². The number of fused-ring (bicyclic) bond motifs is 2. The van der Waals surface area contributed by atoms with Crippen molar-refractivity contribution in [1.82, 2.24) is 9.80 Å². The van der Waals surface area contributed by atoms with Crippen LogP contribution in [0.5, 0.6) is 0 Å². The van der Waals surface area contributed by atoms with Gasteiger partial charge in [-0.1, -0.05) is 37.1 Å². The zero-order valence-electron chi connectivity index (χ0n) is 19.3. The number of carbonyl (C=O) groups excluding carboxylic acids is 1. The van der Waals surface area contributed by atoms with Gasteiger partial charge in [0.1, 0.15) is 0 Å². The van der Waals surface area contributed by atoms with E-state index >= 15 is 0 Å². The highest BCUT2D eigenvalue weighted by Gasteiger charge is 2.26. The molecule has 1 saturated carbocycles. The van der Waals surface area contributed by atoms with Crippen LogP contribution in [0.2, 0.25) is 0 Å². The first-order valence-electron chi connectivity index (χ1n) is 12.6. The van der Waals surface area contributed by atoms with Crippen LogP contribution in [0.4, 0.5) is 5.69 Å². The average molecular weight is 460 g/mol. The molecular formula is C28H33N3OS. The first-order chi connectivity index (χ1) is 16.3. The average Bonchev–Trinajstić information content (AvgIpc) is 3.50. The fraction of sp³-hybridized carbons (Fsp3) is 0.464. The Labute approximate surface area is 200 Å². The summed E-state index contributed by atoms with van der Waals surface area (Å²) in [4.78, 5) is 20.5. The van der Waals surface area contributed by atoms with Crippen molar-refractivity contribution in [1.29, 1.82) is 0 Å². The number of carbonyl (C=O) groups is 1. The van der Waals surface area contributed by atoms with E-state index in [9.17, 15) is 4.79 Å². The Bertz CT molecular complexity index is 1140. The predicted molar refractivity (Wildman–Crippen MR) is 138 cm³/mol. The van der Waals surface area contributed by atoms with Gasteiger partial charge in [0.05, 0.1) is 5.56 Å². The smallest absolute Gasteiger partial charge is 0.255 e. The lowest BCUT2D eigenvalue weighted by Crippen LogP contribution is -2.48. The summed E-state index contributed by atoms with van der Waals surface area (Å²) in [6.07, 6.45) is 7.97. The normalized spacial score (nSPS) is 20.2. The molecule has 0 atom stereocenters. The monoisotopic (exact) mass is 459 g/mol. The van der Waals surface area contributed by atoms with Gasteiger partial charge < -0.3 is 9.80 Å². The minimum atomic E-state index is 0.182. The number of thiophene rings is 1. The molecule has 1 aliphatic carbocycles. The summed E-state index contributed by atoms with van der Waals surface area (Å²) in [7, 11) is 0. The number of hydrogen-bond acceptors (Lipinski definition) is 4. The van der Waals surface area contributed by atoms with E-state index in [0.29, 0.717) is 0 Å². The van der Waals surface area contributed by atoms with Gasteiger partial charge in [-0.2, -0.15) is 0 Å². The van der Waals surface area contributed by atoms with E-state index in [0.717, 1.165) is 43.2 Å². The molecule has 5 heteroatoms. The molecule has 6 rings (SSSR count). The Balaban J connectivity index is 1.11. The van der Waals surface area contributed by atoms with Crippen LogP contribution in [-0.2, 0) is 12.8 Å². The number of benzene rings is 2. The van der Waals surface area contributed by atoms with Gasteiger partial charge in [0.25, 0.3) is 5.91 Å². The number of amides is 1. The van der Waals surface area contributed by atoms with Crippen molar-refractivity contribution in [2.24, 2.45) is 0 Å². The molecule has 1 aromatic heterocycles. The number of piperazine rings is 1. The van der Waals surface area contributed by atoms with Crippen molar-refractivity contribution >= 4 is 33.0 Å². The molecule has 1 saturated heterocycles. The van der Waals surface area contributed by atoms with Gasteiger partial charge in [-0.3, -0.25) is 9.69 Å². The minimum absolute atomic E-state index is 0.182. The summed E-state index contributed by atoms with van der Waals surface area (Å²) in [5.74, 6) is 0.182. The Morgan fingerprint density at radius 1 is 0.848 bits per heavy atom. The largest absolute Gasteiger partial charge is 0.368 e. The Morgan fingerprint density at radius 2 is 1.61 bits per heavy atom. The fourth-order valence-electron chi connectivity index (χ4n) is 6.04. The molecule has 0 spiro atoms. The van der Waals surface area contributed by atoms with Gasteiger partial charge in [-0.25, -0.2) is 0 Å². The maximum atomic E-state index is 13.2. The Kier molecular flexibility index (Phi) is 5.85. The summed E-state index contributed by atoms with van der Waals surface area (Å²) in [6, 6.07) is 16.2. The molecule has 2 aliphatic heterocycles. The molecule has 0 bridgehead atoms. The molecule has 4 nitrogen and oxygen atoms in total. The second kappa shape index (κ2) is 9.11. The van der Waals surface area contributed by atoms with E-state index in [-0.39, 0.29) is 5.91 Å². The Hall–Kier alpha value is -2.37. The molecule has 1 amide bonds. The summed E-state index contributed by atoms with van der Waals surface area (Å²) < 4.78 is 1.19.